The van der Waals surface area contributed by atoms with Crippen molar-refractivity contribution in [3.05, 3.63) is 11.4 Å². The van der Waals surface area contributed by atoms with Gasteiger partial charge in [-0.15, -0.1) is 0 Å². The second-order valence-electron chi connectivity index (χ2n) is 7.34. The summed E-state index contributed by atoms with van der Waals surface area (Å²) in [6, 6.07) is 1.31. The van der Waals surface area contributed by atoms with Crippen molar-refractivity contribution >= 4 is 5.69 Å². The van der Waals surface area contributed by atoms with E-state index in [0.29, 0.717) is 12.1 Å². The molecule has 0 aromatic carbocycles. The summed E-state index contributed by atoms with van der Waals surface area (Å²) in [7, 11) is 2.04. The van der Waals surface area contributed by atoms with Crippen LogP contribution in [0.2, 0.25) is 0 Å². The van der Waals surface area contributed by atoms with Crippen LogP contribution in [0.3, 0.4) is 0 Å². The Hall–Kier alpha value is -1.03. The summed E-state index contributed by atoms with van der Waals surface area (Å²) in [5, 5.41) is 8.45. The summed E-state index contributed by atoms with van der Waals surface area (Å²) in [5.41, 5.74) is 3.67. The average Bonchev–Trinajstić information content (AvgIpc) is 2.64. The Labute approximate surface area is 128 Å². The lowest BCUT2D eigenvalue weighted by atomic mass is 9.73. The standard InChI is InChI=1S/C17H30N4/c1-11(2)21-9-14-7-6-8-15(10-21)17(14)18-16-12(3)19-20(5)13(16)4/h11,14-15,17-18H,6-10H2,1-5H3. The minimum atomic E-state index is 0.635. The number of anilines is 1. The van der Waals surface area contributed by atoms with Crippen molar-refractivity contribution in [2.45, 2.75) is 59.0 Å². The predicted octanol–water partition coefficient (Wildman–Crippen LogP) is 2.96. The molecule has 0 radical (unpaired) electrons. The van der Waals surface area contributed by atoms with Gasteiger partial charge in [0.2, 0.25) is 0 Å². The molecule has 2 fully saturated rings. The van der Waals surface area contributed by atoms with Crippen LogP contribution in [0.5, 0.6) is 0 Å². The molecule has 1 N–H and O–H groups in total. The first-order chi connectivity index (χ1) is 9.97. The number of piperidine rings is 1. The summed E-state index contributed by atoms with van der Waals surface area (Å²) in [6.45, 7) is 11.5. The zero-order valence-corrected chi connectivity index (χ0v) is 14.2. The first-order valence-corrected chi connectivity index (χ1v) is 8.48. The van der Waals surface area contributed by atoms with Crippen LogP contribution in [-0.2, 0) is 7.05 Å². The molecule has 2 bridgehead atoms. The fraction of sp³-hybridized carbons (Fsp3) is 0.824. The highest BCUT2D eigenvalue weighted by atomic mass is 15.3. The molecule has 1 saturated heterocycles. The van der Waals surface area contributed by atoms with E-state index in [2.05, 4.69) is 43.0 Å². The van der Waals surface area contributed by atoms with Gasteiger partial charge >= 0.3 is 0 Å². The molecule has 2 unspecified atom stereocenters. The maximum Gasteiger partial charge on any atom is 0.0827 e. The molecule has 2 aliphatic rings. The van der Waals surface area contributed by atoms with Crippen LogP contribution in [0, 0.1) is 25.7 Å². The molecule has 21 heavy (non-hydrogen) atoms. The van der Waals surface area contributed by atoms with Gasteiger partial charge in [0.1, 0.15) is 0 Å². The van der Waals surface area contributed by atoms with Crippen molar-refractivity contribution in [1.82, 2.24) is 14.7 Å². The van der Waals surface area contributed by atoms with Gasteiger partial charge in [-0.2, -0.15) is 5.10 Å². The fourth-order valence-electron chi connectivity index (χ4n) is 4.28. The molecule has 0 spiro atoms. The van der Waals surface area contributed by atoms with Crippen molar-refractivity contribution in [2.75, 3.05) is 18.4 Å². The summed E-state index contributed by atoms with van der Waals surface area (Å²) < 4.78 is 2.00. The molecular weight excluding hydrogens is 260 g/mol. The van der Waals surface area contributed by atoms with E-state index in [1.54, 1.807) is 0 Å². The average molecular weight is 290 g/mol. The molecular formula is C17H30N4. The van der Waals surface area contributed by atoms with E-state index in [1.807, 2.05) is 11.7 Å². The third kappa shape index (κ3) is 2.70. The lowest BCUT2D eigenvalue weighted by Crippen LogP contribution is -2.56. The molecule has 2 heterocycles. The van der Waals surface area contributed by atoms with Crippen LogP contribution >= 0.6 is 0 Å². The molecule has 3 rings (SSSR count). The number of rotatable bonds is 3. The smallest absolute Gasteiger partial charge is 0.0827 e. The van der Waals surface area contributed by atoms with E-state index in [1.165, 1.54) is 43.7 Å². The summed E-state index contributed by atoms with van der Waals surface area (Å²) >= 11 is 0. The summed E-state index contributed by atoms with van der Waals surface area (Å²) in [6.07, 6.45) is 4.15. The Morgan fingerprint density at radius 3 is 2.24 bits per heavy atom. The van der Waals surface area contributed by atoms with Gasteiger partial charge in [-0.1, -0.05) is 6.42 Å². The Bertz CT molecular complexity index is 491. The SMILES string of the molecule is Cc1nn(C)c(C)c1NC1C2CCCC1CN(C(C)C)C2. The number of aromatic nitrogens is 2. The Kier molecular flexibility index (Phi) is 4.00. The number of nitrogens with zero attached hydrogens (tertiary/aromatic N) is 3. The van der Waals surface area contributed by atoms with Crippen LogP contribution < -0.4 is 5.32 Å². The Balaban J connectivity index is 1.79. The van der Waals surface area contributed by atoms with Gasteiger partial charge in [-0.3, -0.25) is 4.68 Å². The van der Waals surface area contributed by atoms with Crippen molar-refractivity contribution in [1.29, 1.82) is 0 Å². The largest absolute Gasteiger partial charge is 0.379 e. The quantitative estimate of drug-likeness (QED) is 0.929. The van der Waals surface area contributed by atoms with Crippen molar-refractivity contribution < 1.29 is 0 Å². The molecule has 1 aromatic rings. The van der Waals surface area contributed by atoms with Crippen LogP contribution in [-0.4, -0.2) is 39.9 Å². The molecule has 1 aliphatic carbocycles. The minimum absolute atomic E-state index is 0.635. The fourth-order valence-corrected chi connectivity index (χ4v) is 4.28. The molecule has 1 aromatic heterocycles. The van der Waals surface area contributed by atoms with E-state index in [9.17, 15) is 0 Å². The zero-order valence-electron chi connectivity index (χ0n) is 14.2. The van der Waals surface area contributed by atoms with Crippen molar-refractivity contribution in [2.24, 2.45) is 18.9 Å². The van der Waals surface area contributed by atoms with Crippen molar-refractivity contribution in [3.8, 4) is 0 Å². The molecule has 4 nitrogen and oxygen atoms in total. The van der Waals surface area contributed by atoms with Crippen LogP contribution in [0.15, 0.2) is 0 Å². The molecule has 0 amide bonds. The van der Waals surface area contributed by atoms with Crippen molar-refractivity contribution in [3.63, 3.8) is 0 Å². The Morgan fingerprint density at radius 1 is 1.14 bits per heavy atom. The highest BCUT2D eigenvalue weighted by Crippen LogP contribution is 2.38. The van der Waals surface area contributed by atoms with Gasteiger partial charge in [-0.25, -0.2) is 0 Å². The first kappa shape index (κ1) is 14.9. The molecule has 1 aliphatic heterocycles. The number of aryl methyl sites for hydroxylation is 2. The normalized spacial score (nSPS) is 29.9. The zero-order chi connectivity index (χ0) is 15.1. The highest BCUT2D eigenvalue weighted by Gasteiger charge is 2.40. The Morgan fingerprint density at radius 2 is 1.76 bits per heavy atom. The number of fused-ring (bicyclic) bond motifs is 2. The third-order valence-electron chi connectivity index (χ3n) is 5.65. The monoisotopic (exact) mass is 290 g/mol. The lowest BCUT2D eigenvalue weighted by Gasteiger charge is -2.49. The molecule has 118 valence electrons. The van der Waals surface area contributed by atoms with Gasteiger partial charge in [0.15, 0.2) is 0 Å². The van der Waals surface area contributed by atoms with E-state index >= 15 is 0 Å². The van der Waals surface area contributed by atoms with Gasteiger partial charge in [0, 0.05) is 32.2 Å². The van der Waals surface area contributed by atoms with E-state index < -0.39 is 0 Å². The summed E-state index contributed by atoms with van der Waals surface area (Å²) in [4.78, 5) is 2.68. The topological polar surface area (TPSA) is 33.1 Å². The van der Waals surface area contributed by atoms with Gasteiger partial charge in [0.25, 0.3) is 0 Å². The van der Waals surface area contributed by atoms with Gasteiger partial charge in [0.05, 0.1) is 17.1 Å². The number of hydrogen-bond donors (Lipinski definition) is 1. The van der Waals surface area contributed by atoms with Gasteiger partial charge in [-0.05, 0) is 52.4 Å². The maximum atomic E-state index is 4.56. The molecule has 1 saturated carbocycles. The first-order valence-electron chi connectivity index (χ1n) is 8.48. The third-order valence-corrected chi connectivity index (χ3v) is 5.65. The lowest BCUT2D eigenvalue weighted by molar-refractivity contribution is 0.0518. The van der Waals surface area contributed by atoms with E-state index in [0.717, 1.165) is 17.5 Å². The minimum Gasteiger partial charge on any atom is -0.379 e. The molecule has 2 atom stereocenters. The van der Waals surface area contributed by atoms with E-state index in [4.69, 9.17) is 0 Å². The predicted molar refractivity (Wildman–Crippen MR) is 87.6 cm³/mol. The summed E-state index contributed by atoms with van der Waals surface area (Å²) in [5.74, 6) is 1.58. The van der Waals surface area contributed by atoms with Gasteiger partial charge < -0.3 is 10.2 Å². The number of nitrogens with one attached hydrogen (secondary N) is 1. The number of hydrogen-bond acceptors (Lipinski definition) is 3. The molecule has 4 heteroatoms. The maximum absolute atomic E-state index is 4.56. The second kappa shape index (κ2) is 5.64. The van der Waals surface area contributed by atoms with Crippen LogP contribution in [0.25, 0.3) is 0 Å². The highest BCUT2D eigenvalue weighted by molar-refractivity contribution is 5.53. The van der Waals surface area contributed by atoms with E-state index in [-0.39, 0.29) is 0 Å². The van der Waals surface area contributed by atoms with Crippen LogP contribution in [0.4, 0.5) is 5.69 Å². The number of likely N-dealkylation sites (tertiary alicyclic amines) is 1. The second-order valence-corrected chi connectivity index (χ2v) is 7.34. The van der Waals surface area contributed by atoms with Crippen LogP contribution in [0.1, 0.15) is 44.5 Å².